The van der Waals surface area contributed by atoms with E-state index in [1.807, 2.05) is 36.1 Å². The second kappa shape index (κ2) is 8.90. The number of likely N-dealkylation sites (tertiary alicyclic amines) is 1. The maximum Gasteiger partial charge on any atom is 0.267 e. The number of fused-ring (bicyclic) bond motifs is 3. The molecule has 0 spiro atoms. The summed E-state index contributed by atoms with van der Waals surface area (Å²) in [5, 5.41) is 0.956. The van der Waals surface area contributed by atoms with Gasteiger partial charge in [0.1, 0.15) is 10.6 Å². The molecule has 1 aromatic carbocycles. The van der Waals surface area contributed by atoms with Crippen LogP contribution >= 0.6 is 23.1 Å². The lowest BCUT2D eigenvalue weighted by Gasteiger charge is -2.21. The highest BCUT2D eigenvalue weighted by Gasteiger charge is 2.28. The highest BCUT2D eigenvalue weighted by Crippen LogP contribution is 2.37. The molecular weight excluding hydrogens is 442 g/mol. The van der Waals surface area contributed by atoms with Crippen LogP contribution in [-0.4, -0.2) is 45.8 Å². The highest BCUT2D eigenvalue weighted by atomic mass is 32.2. The minimum absolute atomic E-state index is 0.0674. The van der Waals surface area contributed by atoms with E-state index in [1.165, 1.54) is 16.6 Å². The number of para-hydroxylation sites is 2. The third kappa shape index (κ3) is 3.73. The molecule has 3 heterocycles. The van der Waals surface area contributed by atoms with Crippen LogP contribution in [0.25, 0.3) is 15.9 Å². The highest BCUT2D eigenvalue weighted by molar-refractivity contribution is 8.00. The Kier molecular flexibility index (Phi) is 5.99. The molecule has 2 aliphatic rings. The van der Waals surface area contributed by atoms with Gasteiger partial charge in [0.05, 0.1) is 23.4 Å². The van der Waals surface area contributed by atoms with E-state index in [4.69, 9.17) is 9.72 Å². The van der Waals surface area contributed by atoms with Gasteiger partial charge in [-0.25, -0.2) is 4.98 Å². The first-order chi connectivity index (χ1) is 15.6. The zero-order valence-electron chi connectivity index (χ0n) is 18.4. The van der Waals surface area contributed by atoms with Gasteiger partial charge in [0.15, 0.2) is 5.16 Å². The van der Waals surface area contributed by atoms with E-state index in [0.717, 1.165) is 67.4 Å². The molecule has 0 radical (unpaired) electrons. The van der Waals surface area contributed by atoms with E-state index in [1.54, 1.807) is 23.0 Å². The van der Waals surface area contributed by atoms with Crippen molar-refractivity contribution in [3.8, 4) is 11.4 Å². The number of hydrogen-bond donors (Lipinski definition) is 0. The molecule has 1 unspecified atom stereocenters. The lowest BCUT2D eigenvalue weighted by molar-refractivity contribution is -0.129. The second-order valence-corrected chi connectivity index (χ2v) is 10.8. The molecule has 6 nitrogen and oxygen atoms in total. The first-order valence-electron chi connectivity index (χ1n) is 11.2. The van der Waals surface area contributed by atoms with Crippen LogP contribution in [0.15, 0.2) is 34.2 Å². The first-order valence-corrected chi connectivity index (χ1v) is 12.9. The van der Waals surface area contributed by atoms with E-state index in [9.17, 15) is 9.59 Å². The van der Waals surface area contributed by atoms with Gasteiger partial charge in [-0.05, 0) is 63.1 Å². The van der Waals surface area contributed by atoms with Crippen LogP contribution in [0.1, 0.15) is 43.0 Å². The van der Waals surface area contributed by atoms with Crippen molar-refractivity contribution < 1.29 is 9.53 Å². The van der Waals surface area contributed by atoms with Gasteiger partial charge in [0, 0.05) is 18.0 Å². The van der Waals surface area contributed by atoms with Crippen molar-refractivity contribution >= 4 is 39.2 Å². The Labute approximate surface area is 195 Å². The van der Waals surface area contributed by atoms with Crippen LogP contribution in [0.4, 0.5) is 0 Å². The van der Waals surface area contributed by atoms with E-state index in [-0.39, 0.29) is 16.7 Å². The Balaban J connectivity index is 1.66. The molecular formula is C24H27N3O3S2. The monoisotopic (exact) mass is 469 g/mol. The van der Waals surface area contributed by atoms with Gasteiger partial charge in [-0.1, -0.05) is 23.9 Å². The molecule has 1 saturated heterocycles. The van der Waals surface area contributed by atoms with E-state index < -0.39 is 0 Å². The number of aryl methyl sites for hydroxylation is 2. The number of ether oxygens (including phenoxy) is 1. The van der Waals surface area contributed by atoms with Crippen molar-refractivity contribution in [2.75, 3.05) is 20.2 Å². The minimum Gasteiger partial charge on any atom is -0.495 e. The first kappa shape index (κ1) is 21.5. The molecule has 32 heavy (non-hydrogen) atoms. The number of thiophene rings is 1. The summed E-state index contributed by atoms with van der Waals surface area (Å²) in [7, 11) is 1.61. The van der Waals surface area contributed by atoms with Gasteiger partial charge in [-0.3, -0.25) is 14.2 Å². The zero-order valence-corrected chi connectivity index (χ0v) is 20.1. The summed E-state index contributed by atoms with van der Waals surface area (Å²) < 4.78 is 7.23. The maximum atomic E-state index is 13.9. The number of carbonyl (C=O) groups is 1. The number of thioether (sulfide) groups is 1. The summed E-state index contributed by atoms with van der Waals surface area (Å²) in [4.78, 5) is 35.9. The smallest absolute Gasteiger partial charge is 0.267 e. The van der Waals surface area contributed by atoms with Gasteiger partial charge in [-0.15, -0.1) is 11.3 Å². The van der Waals surface area contributed by atoms with Crippen molar-refractivity contribution in [3.05, 3.63) is 45.1 Å². The van der Waals surface area contributed by atoms with E-state index in [2.05, 4.69) is 0 Å². The quantitative estimate of drug-likeness (QED) is 0.408. The average Bonchev–Trinajstić information content (AvgIpc) is 3.47. The van der Waals surface area contributed by atoms with Crippen LogP contribution in [0, 0.1) is 0 Å². The SMILES string of the molecule is COc1ccccc1-n1c(SC(C)C(=O)N2CCCC2)nc2sc3c(c2c1=O)CCCC3. The Morgan fingerprint density at radius 2 is 1.91 bits per heavy atom. The zero-order chi connectivity index (χ0) is 22.2. The molecule has 1 aliphatic heterocycles. The number of nitrogens with zero attached hydrogens (tertiary/aromatic N) is 3. The molecule has 0 N–H and O–H groups in total. The largest absolute Gasteiger partial charge is 0.495 e. The number of carbonyl (C=O) groups excluding carboxylic acids is 1. The molecule has 0 saturated carbocycles. The van der Waals surface area contributed by atoms with Gasteiger partial charge in [0.25, 0.3) is 5.56 Å². The fraction of sp³-hybridized carbons (Fsp3) is 0.458. The van der Waals surface area contributed by atoms with Crippen molar-refractivity contribution in [1.82, 2.24) is 14.5 Å². The van der Waals surface area contributed by atoms with Crippen LogP contribution in [-0.2, 0) is 17.6 Å². The van der Waals surface area contributed by atoms with Crippen molar-refractivity contribution in [2.24, 2.45) is 0 Å². The second-order valence-electron chi connectivity index (χ2n) is 8.39. The van der Waals surface area contributed by atoms with Crippen LogP contribution < -0.4 is 10.3 Å². The summed E-state index contributed by atoms with van der Waals surface area (Å²) in [6.07, 6.45) is 6.31. The number of aromatic nitrogens is 2. The molecule has 2 aromatic heterocycles. The van der Waals surface area contributed by atoms with Gasteiger partial charge in [-0.2, -0.15) is 0 Å². The van der Waals surface area contributed by atoms with E-state index >= 15 is 0 Å². The van der Waals surface area contributed by atoms with Crippen LogP contribution in [0.5, 0.6) is 5.75 Å². The minimum atomic E-state index is -0.326. The topological polar surface area (TPSA) is 64.4 Å². The number of benzene rings is 1. The fourth-order valence-corrected chi connectivity index (χ4v) is 7.00. The Morgan fingerprint density at radius 3 is 2.69 bits per heavy atom. The fourth-order valence-electron chi connectivity index (χ4n) is 4.70. The third-order valence-electron chi connectivity index (χ3n) is 6.33. The third-order valence-corrected chi connectivity index (χ3v) is 8.56. The summed E-state index contributed by atoms with van der Waals surface area (Å²) >= 11 is 3.00. The lowest BCUT2D eigenvalue weighted by Crippen LogP contribution is -2.34. The van der Waals surface area contributed by atoms with Gasteiger partial charge in [0.2, 0.25) is 5.91 Å². The predicted octanol–water partition coefficient (Wildman–Crippen LogP) is 4.44. The number of hydrogen-bond acceptors (Lipinski definition) is 6. The molecule has 8 heteroatoms. The summed E-state index contributed by atoms with van der Waals surface area (Å²) in [6, 6.07) is 7.51. The van der Waals surface area contributed by atoms with Crippen LogP contribution in [0.2, 0.25) is 0 Å². The Morgan fingerprint density at radius 1 is 1.16 bits per heavy atom. The van der Waals surface area contributed by atoms with Gasteiger partial charge < -0.3 is 9.64 Å². The molecule has 3 aromatic rings. The average molecular weight is 470 g/mol. The molecule has 1 amide bonds. The summed E-state index contributed by atoms with van der Waals surface area (Å²) in [5.41, 5.74) is 1.76. The molecule has 1 aliphatic carbocycles. The molecule has 0 bridgehead atoms. The number of rotatable bonds is 5. The summed E-state index contributed by atoms with van der Waals surface area (Å²) in [5.74, 6) is 0.721. The molecule has 1 atom stereocenters. The van der Waals surface area contributed by atoms with Gasteiger partial charge >= 0.3 is 0 Å². The van der Waals surface area contributed by atoms with Crippen LogP contribution in [0.3, 0.4) is 0 Å². The predicted molar refractivity (Wildman–Crippen MR) is 130 cm³/mol. The van der Waals surface area contributed by atoms with Crippen molar-refractivity contribution in [3.63, 3.8) is 0 Å². The maximum absolute atomic E-state index is 13.9. The van der Waals surface area contributed by atoms with Crippen molar-refractivity contribution in [1.29, 1.82) is 0 Å². The normalized spacial score (nSPS) is 16.9. The number of methoxy groups -OCH3 is 1. The lowest BCUT2D eigenvalue weighted by atomic mass is 9.97. The summed E-state index contributed by atoms with van der Waals surface area (Å²) in [6.45, 7) is 3.54. The Bertz CT molecular complexity index is 1230. The van der Waals surface area contributed by atoms with E-state index in [0.29, 0.717) is 16.6 Å². The standard InChI is InChI=1S/C24H27N3O3S2/c1-15(22(28)26-13-7-8-14-26)31-24-25-21-20(16-9-3-6-12-19(16)32-21)23(29)27(24)17-10-4-5-11-18(17)30-2/h4-5,10-11,15H,3,6-9,12-14H2,1-2H3. The molecule has 5 rings (SSSR count). The molecule has 1 fully saturated rings. The molecule has 168 valence electrons. The number of amides is 1. The van der Waals surface area contributed by atoms with Crippen molar-refractivity contribution in [2.45, 2.75) is 55.9 Å². The Hall–Kier alpha value is -2.32.